The van der Waals surface area contributed by atoms with Crippen molar-refractivity contribution in [1.29, 1.82) is 0 Å². The molecule has 1 aromatic heterocycles. The molecule has 1 saturated heterocycles. The molecule has 0 radical (unpaired) electrons. The van der Waals surface area contributed by atoms with Gasteiger partial charge in [-0.2, -0.15) is 0 Å². The predicted molar refractivity (Wildman–Crippen MR) is 168 cm³/mol. The van der Waals surface area contributed by atoms with E-state index in [-0.39, 0.29) is 11.5 Å². The van der Waals surface area contributed by atoms with Crippen molar-refractivity contribution < 1.29 is 28.7 Å². The van der Waals surface area contributed by atoms with Crippen LogP contribution in [0.4, 0.5) is 17.1 Å². The normalized spacial score (nSPS) is 13.9. The first-order valence-electron chi connectivity index (χ1n) is 14.0. The summed E-state index contributed by atoms with van der Waals surface area (Å²) in [5.74, 6) is -1.06. The van der Waals surface area contributed by atoms with Crippen LogP contribution in [0.5, 0.6) is 5.75 Å². The van der Waals surface area contributed by atoms with E-state index >= 15 is 0 Å². The van der Waals surface area contributed by atoms with Gasteiger partial charge in [0, 0.05) is 36.9 Å². The second-order valence-electron chi connectivity index (χ2n) is 10.3. The Bertz CT molecular complexity index is 1750. The van der Waals surface area contributed by atoms with Crippen LogP contribution < -0.4 is 19.7 Å². The van der Waals surface area contributed by atoms with E-state index < -0.39 is 11.8 Å². The van der Waals surface area contributed by atoms with Crippen LogP contribution in [0, 0.1) is 13.8 Å². The molecule has 44 heavy (non-hydrogen) atoms. The number of carbonyl (C=O) groups excluding carboxylic acids is 4. The number of hydrazine groups is 1. The van der Waals surface area contributed by atoms with Crippen LogP contribution in [-0.4, -0.2) is 49.5 Å². The van der Waals surface area contributed by atoms with E-state index in [4.69, 9.17) is 9.47 Å². The topological polar surface area (TPSA) is 101 Å². The van der Waals surface area contributed by atoms with Crippen LogP contribution >= 0.6 is 0 Å². The number of anilines is 3. The number of rotatable bonds is 9. The monoisotopic (exact) mass is 592 g/mol. The third-order valence-electron chi connectivity index (χ3n) is 7.33. The van der Waals surface area contributed by atoms with Crippen molar-refractivity contribution in [2.45, 2.75) is 20.8 Å². The lowest BCUT2D eigenvalue weighted by atomic mass is 10.1. The molecule has 2 amide bonds. The molecule has 4 aromatic rings. The van der Waals surface area contributed by atoms with Crippen molar-refractivity contribution in [3.05, 3.63) is 107 Å². The highest BCUT2D eigenvalue weighted by atomic mass is 16.5. The Morgan fingerprint density at radius 2 is 1.36 bits per heavy atom. The Morgan fingerprint density at radius 3 is 1.89 bits per heavy atom. The van der Waals surface area contributed by atoms with Crippen molar-refractivity contribution in [2.75, 3.05) is 35.6 Å². The maximum absolute atomic E-state index is 14.0. The third kappa shape index (κ3) is 5.57. The minimum atomic E-state index is -0.501. The first kappa shape index (κ1) is 29.8. The minimum absolute atomic E-state index is 0.00665. The number of benzene rings is 3. The van der Waals surface area contributed by atoms with Gasteiger partial charge in [0.2, 0.25) is 0 Å². The Morgan fingerprint density at radius 1 is 0.818 bits per heavy atom. The van der Waals surface area contributed by atoms with Crippen LogP contribution in [0.15, 0.2) is 84.4 Å². The minimum Gasteiger partial charge on any atom is -0.462 e. The number of carbonyl (C=O) groups is 4. The molecule has 224 valence electrons. The zero-order valence-electron chi connectivity index (χ0n) is 25.1. The first-order chi connectivity index (χ1) is 21.1. The molecule has 1 aliphatic heterocycles. The van der Waals surface area contributed by atoms with Crippen LogP contribution in [0.2, 0.25) is 0 Å². The summed E-state index contributed by atoms with van der Waals surface area (Å²) in [6.45, 7) is 6.21. The fourth-order valence-corrected chi connectivity index (χ4v) is 5.15. The lowest BCUT2D eigenvalue weighted by molar-refractivity contribution is -0.121. The molecule has 0 bridgehead atoms. The van der Waals surface area contributed by atoms with Crippen LogP contribution in [-0.2, 0) is 19.1 Å². The molecule has 0 aliphatic carbocycles. The summed E-state index contributed by atoms with van der Waals surface area (Å²) < 4.78 is 12.0. The number of hydrogen-bond acceptors (Lipinski definition) is 7. The van der Waals surface area contributed by atoms with Gasteiger partial charge < -0.3 is 18.9 Å². The molecule has 0 saturated carbocycles. The van der Waals surface area contributed by atoms with E-state index in [9.17, 15) is 19.2 Å². The molecule has 0 unspecified atom stereocenters. The fourth-order valence-electron chi connectivity index (χ4n) is 5.15. The molecular weight excluding hydrogens is 560 g/mol. The van der Waals surface area contributed by atoms with Crippen molar-refractivity contribution in [1.82, 2.24) is 4.57 Å². The van der Waals surface area contributed by atoms with Gasteiger partial charge in [-0.25, -0.2) is 14.8 Å². The lowest BCUT2D eigenvalue weighted by Crippen LogP contribution is -2.41. The second-order valence-corrected chi connectivity index (χ2v) is 10.3. The molecule has 10 heteroatoms. The summed E-state index contributed by atoms with van der Waals surface area (Å²) in [4.78, 5) is 52.8. The van der Waals surface area contributed by atoms with E-state index in [2.05, 4.69) is 0 Å². The predicted octanol–water partition coefficient (Wildman–Crippen LogP) is 5.25. The standard InChI is InChI=1S/C34H32N4O6/c1-6-43-34(42)24-7-9-27(10-8-24)36-22(2)19-25(23(36)3)20-31-32(40)37(28-13-11-26(12-14-28)35(4)5)38(33(31)41)29-15-17-30(18-16-29)44-21-39/h7-21H,6H2,1-5H3. The zero-order chi connectivity index (χ0) is 31.5. The average Bonchev–Trinajstić information content (AvgIpc) is 3.44. The highest BCUT2D eigenvalue weighted by molar-refractivity contribution is 6.38. The molecule has 5 rings (SSSR count). The summed E-state index contributed by atoms with van der Waals surface area (Å²) in [7, 11) is 3.84. The SMILES string of the molecule is CCOC(=O)c1ccc(-n2c(C)cc(C=C3C(=O)N(c4ccc(OC=O)cc4)N(c4ccc(N(C)C)cc4)C3=O)c2C)cc1. The van der Waals surface area contributed by atoms with Gasteiger partial charge in [0.1, 0.15) is 11.3 Å². The lowest BCUT2D eigenvalue weighted by Gasteiger charge is -2.27. The Balaban J connectivity index is 1.55. The number of amides is 2. The van der Waals surface area contributed by atoms with Gasteiger partial charge in [0.25, 0.3) is 18.3 Å². The van der Waals surface area contributed by atoms with Gasteiger partial charge in [-0.15, -0.1) is 0 Å². The first-order valence-corrected chi connectivity index (χ1v) is 14.0. The third-order valence-corrected chi connectivity index (χ3v) is 7.33. The summed E-state index contributed by atoms with van der Waals surface area (Å²) in [5.41, 5.74) is 5.54. The average molecular weight is 593 g/mol. The number of hydrogen-bond donors (Lipinski definition) is 0. The van der Waals surface area contributed by atoms with Crippen molar-refractivity contribution in [2.24, 2.45) is 0 Å². The zero-order valence-corrected chi connectivity index (χ0v) is 25.1. The second kappa shape index (κ2) is 12.3. The van der Waals surface area contributed by atoms with E-state index in [0.29, 0.717) is 41.3 Å². The summed E-state index contributed by atoms with van der Waals surface area (Å²) in [6.07, 6.45) is 1.61. The number of nitrogens with zero attached hydrogens (tertiary/aromatic N) is 4. The molecule has 0 atom stereocenters. The quantitative estimate of drug-likeness (QED) is 0.113. The summed E-state index contributed by atoms with van der Waals surface area (Å²) in [6, 6.07) is 22.6. The highest BCUT2D eigenvalue weighted by Gasteiger charge is 2.43. The molecule has 1 aliphatic rings. The fraction of sp³-hybridized carbons (Fsp3) is 0.176. The van der Waals surface area contributed by atoms with Crippen molar-refractivity contribution in [3.8, 4) is 11.4 Å². The van der Waals surface area contributed by atoms with Gasteiger partial charge in [-0.1, -0.05) is 0 Å². The molecular formula is C34H32N4O6. The van der Waals surface area contributed by atoms with Gasteiger partial charge in [0.15, 0.2) is 0 Å². The van der Waals surface area contributed by atoms with Gasteiger partial charge in [-0.3, -0.25) is 14.4 Å². The van der Waals surface area contributed by atoms with E-state index in [0.717, 1.165) is 22.8 Å². The smallest absolute Gasteiger partial charge is 0.338 e. The number of esters is 1. The molecule has 0 spiro atoms. The van der Waals surface area contributed by atoms with Crippen LogP contribution in [0.1, 0.15) is 34.2 Å². The number of ether oxygens (including phenoxy) is 2. The summed E-state index contributed by atoms with van der Waals surface area (Å²) in [5, 5.41) is 2.66. The van der Waals surface area contributed by atoms with Crippen molar-refractivity contribution >= 4 is 47.4 Å². The Hall–Kier alpha value is -5.64. The van der Waals surface area contributed by atoms with E-state index in [1.165, 1.54) is 10.0 Å². The molecule has 10 nitrogen and oxygen atoms in total. The maximum atomic E-state index is 14.0. The number of aromatic nitrogens is 1. The number of aryl methyl sites for hydroxylation is 1. The Labute approximate surface area is 255 Å². The van der Waals surface area contributed by atoms with Crippen molar-refractivity contribution in [3.63, 3.8) is 0 Å². The Kier molecular flexibility index (Phi) is 8.34. The van der Waals surface area contributed by atoms with Crippen LogP contribution in [0.3, 0.4) is 0 Å². The van der Waals surface area contributed by atoms with Gasteiger partial charge >= 0.3 is 5.97 Å². The van der Waals surface area contributed by atoms with E-state index in [1.807, 2.05) is 67.7 Å². The largest absolute Gasteiger partial charge is 0.462 e. The van der Waals surface area contributed by atoms with E-state index in [1.54, 1.807) is 61.5 Å². The molecule has 1 fully saturated rings. The van der Waals surface area contributed by atoms with Crippen LogP contribution in [0.25, 0.3) is 11.8 Å². The summed E-state index contributed by atoms with van der Waals surface area (Å²) >= 11 is 0. The highest BCUT2D eigenvalue weighted by Crippen LogP contribution is 2.35. The van der Waals surface area contributed by atoms with Gasteiger partial charge in [-0.05, 0) is 111 Å². The maximum Gasteiger partial charge on any atom is 0.338 e. The molecule has 3 aromatic carbocycles. The molecule has 0 N–H and O–H groups in total. The molecule has 2 heterocycles. The van der Waals surface area contributed by atoms with Gasteiger partial charge in [0.05, 0.1) is 23.5 Å².